The Balaban J connectivity index is 1.96. The third kappa shape index (κ3) is 2.26. The molecule has 3 aromatic rings. The molecule has 26 heavy (non-hydrogen) atoms. The molecule has 0 spiro atoms. The van der Waals surface area contributed by atoms with E-state index in [1.54, 1.807) is 19.1 Å². The third-order valence-electron chi connectivity index (χ3n) is 5.65. The van der Waals surface area contributed by atoms with Gasteiger partial charge in [-0.1, -0.05) is 78.9 Å². The maximum atomic E-state index is 13.5. The topological polar surface area (TPSA) is 34.1 Å². The monoisotopic (exact) mass is 340 g/mol. The zero-order valence-electron chi connectivity index (χ0n) is 14.9. The van der Waals surface area contributed by atoms with Crippen LogP contribution in [0.15, 0.2) is 78.9 Å². The number of fused-ring (bicyclic) bond motifs is 3. The lowest BCUT2D eigenvalue weighted by Crippen LogP contribution is -2.40. The van der Waals surface area contributed by atoms with Gasteiger partial charge in [-0.05, 0) is 36.1 Å². The Morgan fingerprint density at radius 3 is 1.69 bits per heavy atom. The van der Waals surface area contributed by atoms with Crippen molar-refractivity contribution in [2.75, 3.05) is 0 Å². The molecule has 4 rings (SSSR count). The summed E-state index contributed by atoms with van der Waals surface area (Å²) in [4.78, 5) is 26.4. The highest BCUT2D eigenvalue weighted by Gasteiger charge is 2.50. The van der Waals surface area contributed by atoms with Crippen molar-refractivity contribution in [3.63, 3.8) is 0 Å². The molecule has 0 saturated carbocycles. The molecule has 128 valence electrons. The summed E-state index contributed by atoms with van der Waals surface area (Å²) in [5.74, 6) is -0.509. The number of benzene rings is 3. The summed E-state index contributed by atoms with van der Waals surface area (Å²) < 4.78 is 0. The van der Waals surface area contributed by atoms with Crippen molar-refractivity contribution >= 4 is 11.6 Å². The van der Waals surface area contributed by atoms with Gasteiger partial charge in [-0.3, -0.25) is 9.59 Å². The molecule has 3 aromatic carbocycles. The van der Waals surface area contributed by atoms with Crippen LogP contribution in [0.25, 0.3) is 11.1 Å². The zero-order valence-corrected chi connectivity index (χ0v) is 14.9. The summed E-state index contributed by atoms with van der Waals surface area (Å²) in [7, 11) is 0. The number of carbonyl (C=O) groups excluding carboxylic acids is 2. The lowest BCUT2D eigenvalue weighted by Gasteiger charge is -2.33. The third-order valence-corrected chi connectivity index (χ3v) is 5.65. The zero-order chi connectivity index (χ0) is 18.3. The fraction of sp³-hybridized carbons (Fsp3) is 0.167. The smallest absolute Gasteiger partial charge is 0.177 e. The van der Waals surface area contributed by atoms with Gasteiger partial charge < -0.3 is 0 Å². The van der Waals surface area contributed by atoms with E-state index >= 15 is 0 Å². The van der Waals surface area contributed by atoms with Crippen molar-refractivity contribution in [1.29, 1.82) is 0 Å². The van der Waals surface area contributed by atoms with Crippen LogP contribution in [0.1, 0.15) is 41.3 Å². The van der Waals surface area contributed by atoms with Crippen LogP contribution in [0.4, 0.5) is 0 Å². The quantitative estimate of drug-likeness (QED) is 0.478. The lowest BCUT2D eigenvalue weighted by molar-refractivity contribution is -0.124. The van der Waals surface area contributed by atoms with Gasteiger partial charge in [-0.25, -0.2) is 0 Å². The van der Waals surface area contributed by atoms with E-state index in [9.17, 15) is 9.59 Å². The number of ketones is 2. The molecule has 0 heterocycles. The van der Waals surface area contributed by atoms with E-state index in [4.69, 9.17) is 0 Å². The summed E-state index contributed by atoms with van der Waals surface area (Å²) in [6.07, 6.45) is 0. The van der Waals surface area contributed by atoms with Crippen molar-refractivity contribution in [2.24, 2.45) is 5.41 Å². The van der Waals surface area contributed by atoms with Crippen LogP contribution in [0.2, 0.25) is 0 Å². The van der Waals surface area contributed by atoms with Crippen LogP contribution in [0, 0.1) is 5.41 Å². The second-order valence-corrected chi connectivity index (χ2v) is 7.06. The molecule has 0 aliphatic heterocycles. The molecule has 1 unspecified atom stereocenters. The second-order valence-electron chi connectivity index (χ2n) is 7.06. The molecule has 0 aromatic heterocycles. The standard InChI is InChI=1S/C24H20O2/c1-16(25)24(2,23(26)17-10-4-3-5-11-17)22-20-14-8-6-12-18(20)19-13-7-9-15-21(19)22/h3-15,22H,1-2H3. The molecule has 1 aliphatic carbocycles. The summed E-state index contributed by atoms with van der Waals surface area (Å²) >= 11 is 0. The van der Waals surface area contributed by atoms with Crippen LogP contribution in [-0.4, -0.2) is 11.6 Å². The molecule has 0 saturated heterocycles. The first-order valence-electron chi connectivity index (χ1n) is 8.84. The fourth-order valence-electron chi connectivity index (χ4n) is 4.16. The van der Waals surface area contributed by atoms with Gasteiger partial charge in [-0.2, -0.15) is 0 Å². The minimum atomic E-state index is -1.15. The normalized spacial score (nSPS) is 15.0. The predicted octanol–water partition coefficient (Wildman–Crippen LogP) is 5.28. The van der Waals surface area contributed by atoms with Crippen LogP contribution < -0.4 is 0 Å². The molecule has 2 heteroatoms. The maximum Gasteiger partial charge on any atom is 0.177 e. The van der Waals surface area contributed by atoms with E-state index in [2.05, 4.69) is 12.1 Å². The van der Waals surface area contributed by atoms with Crippen molar-refractivity contribution in [2.45, 2.75) is 19.8 Å². The van der Waals surface area contributed by atoms with Crippen molar-refractivity contribution in [3.8, 4) is 11.1 Å². The van der Waals surface area contributed by atoms with Gasteiger partial charge in [0.15, 0.2) is 5.78 Å². The Labute approximate surface area is 153 Å². The number of hydrogen-bond acceptors (Lipinski definition) is 2. The first kappa shape index (κ1) is 16.5. The average molecular weight is 340 g/mol. The Morgan fingerprint density at radius 1 is 0.731 bits per heavy atom. The molecule has 1 atom stereocenters. The maximum absolute atomic E-state index is 13.5. The Kier molecular flexibility index (Phi) is 3.84. The largest absolute Gasteiger partial charge is 0.299 e. The molecule has 1 aliphatic rings. The van der Waals surface area contributed by atoms with E-state index < -0.39 is 5.41 Å². The molecule has 0 radical (unpaired) electrons. The molecule has 2 nitrogen and oxygen atoms in total. The van der Waals surface area contributed by atoms with E-state index in [0.717, 1.165) is 22.3 Å². The fourth-order valence-corrected chi connectivity index (χ4v) is 4.16. The van der Waals surface area contributed by atoms with Gasteiger partial charge in [0.2, 0.25) is 0 Å². The number of carbonyl (C=O) groups is 2. The van der Waals surface area contributed by atoms with Gasteiger partial charge in [0.1, 0.15) is 5.78 Å². The van der Waals surface area contributed by atoms with Crippen LogP contribution in [0.5, 0.6) is 0 Å². The van der Waals surface area contributed by atoms with Crippen molar-refractivity contribution in [1.82, 2.24) is 0 Å². The van der Waals surface area contributed by atoms with E-state index in [1.807, 2.05) is 54.6 Å². The van der Waals surface area contributed by atoms with Gasteiger partial charge in [-0.15, -0.1) is 0 Å². The van der Waals surface area contributed by atoms with Crippen LogP contribution in [-0.2, 0) is 4.79 Å². The van der Waals surface area contributed by atoms with E-state index in [1.165, 1.54) is 6.92 Å². The van der Waals surface area contributed by atoms with Crippen molar-refractivity contribution in [3.05, 3.63) is 95.6 Å². The first-order valence-corrected chi connectivity index (χ1v) is 8.84. The van der Waals surface area contributed by atoms with Gasteiger partial charge in [0.05, 0.1) is 5.41 Å². The number of rotatable bonds is 4. The number of Topliss-reactive ketones (excluding diaryl/α,β-unsaturated/α-hetero) is 2. The van der Waals surface area contributed by atoms with Crippen molar-refractivity contribution < 1.29 is 9.59 Å². The van der Waals surface area contributed by atoms with Crippen LogP contribution >= 0.6 is 0 Å². The molecule has 0 amide bonds. The average Bonchev–Trinajstić information content (AvgIpc) is 3.02. The molecule has 0 N–H and O–H groups in total. The highest BCUT2D eigenvalue weighted by Crippen LogP contribution is 2.53. The summed E-state index contributed by atoms with van der Waals surface area (Å²) in [6, 6.07) is 25.3. The summed E-state index contributed by atoms with van der Waals surface area (Å²) in [5.41, 5.74) is 3.76. The number of hydrogen-bond donors (Lipinski definition) is 0. The molecule has 0 fully saturated rings. The van der Waals surface area contributed by atoms with Gasteiger partial charge >= 0.3 is 0 Å². The van der Waals surface area contributed by atoms with Gasteiger partial charge in [0, 0.05) is 11.5 Å². The van der Waals surface area contributed by atoms with Gasteiger partial charge in [0.25, 0.3) is 0 Å². The highest BCUT2D eigenvalue weighted by atomic mass is 16.2. The van der Waals surface area contributed by atoms with Crippen LogP contribution in [0.3, 0.4) is 0 Å². The minimum Gasteiger partial charge on any atom is -0.299 e. The highest BCUT2D eigenvalue weighted by molar-refractivity contribution is 6.15. The molecular weight excluding hydrogens is 320 g/mol. The Hall–Kier alpha value is -3.00. The summed E-state index contributed by atoms with van der Waals surface area (Å²) in [6.45, 7) is 3.33. The first-order chi connectivity index (χ1) is 12.5. The Morgan fingerprint density at radius 2 is 1.19 bits per heavy atom. The minimum absolute atomic E-state index is 0.108. The molecule has 0 bridgehead atoms. The lowest BCUT2D eigenvalue weighted by atomic mass is 9.65. The Bertz CT molecular complexity index is 958. The second kappa shape index (κ2) is 6.06. The molecular formula is C24H20O2. The van der Waals surface area contributed by atoms with E-state index in [0.29, 0.717) is 5.56 Å². The predicted molar refractivity (Wildman–Crippen MR) is 103 cm³/mol. The SMILES string of the molecule is CC(=O)C(C)(C(=O)c1ccccc1)C1c2ccccc2-c2ccccc21. The van der Waals surface area contributed by atoms with E-state index in [-0.39, 0.29) is 17.5 Å². The summed E-state index contributed by atoms with van der Waals surface area (Å²) in [5, 5.41) is 0.